The summed E-state index contributed by atoms with van der Waals surface area (Å²) in [6.07, 6.45) is 18.4. The van der Waals surface area contributed by atoms with E-state index in [1.54, 1.807) is 4.44 Å². The van der Waals surface area contributed by atoms with Crippen molar-refractivity contribution in [3.8, 4) is 0 Å². The Labute approximate surface area is 141 Å². The second-order valence-electron chi connectivity index (χ2n) is 6.28. The van der Waals surface area contributed by atoms with E-state index >= 15 is 0 Å². The maximum Gasteiger partial charge on any atom is 0.252 e. The Morgan fingerprint density at radius 3 is 2.05 bits per heavy atom. The van der Waals surface area contributed by atoms with Crippen LogP contribution in [0.1, 0.15) is 79.6 Å². The molecule has 21 heavy (non-hydrogen) atoms. The van der Waals surface area contributed by atoms with E-state index < -0.39 is 0 Å². The fourth-order valence-electron chi connectivity index (χ4n) is 2.21. The van der Waals surface area contributed by atoms with Crippen molar-refractivity contribution in [1.29, 1.82) is 0 Å². The Hall–Kier alpha value is -0.508. The first-order chi connectivity index (χ1) is 10.0. The van der Waals surface area contributed by atoms with Crippen LogP contribution in [-0.4, -0.2) is 16.3 Å². The van der Waals surface area contributed by atoms with Crippen molar-refractivity contribution in [1.82, 2.24) is 0 Å². The minimum Gasteiger partial charge on any atom is -0.140 e. The Balaban J connectivity index is 4.02. The zero-order valence-electron chi connectivity index (χ0n) is 15.3. The average Bonchev–Trinajstić information content (AvgIpc) is 2.47. The van der Waals surface area contributed by atoms with Crippen LogP contribution in [0.15, 0.2) is 45.5 Å². The van der Waals surface area contributed by atoms with E-state index in [9.17, 15) is 0 Å². The molecule has 0 unspecified atom stereocenters. The molecule has 0 saturated carbocycles. The zero-order chi connectivity index (χ0) is 16.1. The average molecular weight is 302 g/mol. The fourth-order valence-corrected chi connectivity index (χ4v) is 2.59. The van der Waals surface area contributed by atoms with E-state index in [1.807, 2.05) is 0 Å². The first-order valence-corrected chi connectivity index (χ1v) is 9.65. The van der Waals surface area contributed by atoms with Crippen LogP contribution in [0, 0.1) is 0 Å². The second kappa shape index (κ2) is 13.2. The zero-order valence-corrected chi connectivity index (χ0v) is 17.3. The number of hydrogen-bond donors (Lipinski definition) is 0. The van der Waals surface area contributed by atoms with Crippen LogP contribution in [0.4, 0.5) is 0 Å². The summed E-state index contributed by atoms with van der Waals surface area (Å²) in [5, 5.41) is 0. The van der Waals surface area contributed by atoms with E-state index in [2.05, 4.69) is 58.9 Å². The number of hydrogen-bond acceptors (Lipinski definition) is 0. The van der Waals surface area contributed by atoms with Crippen molar-refractivity contribution in [3.63, 3.8) is 0 Å². The van der Waals surface area contributed by atoms with Crippen molar-refractivity contribution in [2.24, 2.45) is 0 Å². The monoisotopic (exact) mass is 302 g/mol. The molecule has 0 amide bonds. The van der Waals surface area contributed by atoms with Gasteiger partial charge in [-0.05, 0) is 44.8 Å². The first kappa shape index (κ1) is 20.5. The minimum atomic E-state index is 1.16. The van der Waals surface area contributed by atoms with Gasteiger partial charge in [0.05, 0.1) is 0 Å². The van der Waals surface area contributed by atoms with Gasteiger partial charge in [-0.15, -0.1) is 4.44 Å². The third kappa shape index (κ3) is 10.8. The van der Waals surface area contributed by atoms with E-state index in [-0.39, 0.29) is 0 Å². The van der Waals surface area contributed by atoms with Gasteiger partial charge in [0.15, 0.2) is 0 Å². The molecule has 0 bridgehead atoms. The molecular weight excluding hydrogens is 267 g/mol. The lowest BCUT2D eigenvalue weighted by atomic mass is 10.0. The van der Waals surface area contributed by atoms with E-state index in [0.717, 1.165) is 16.3 Å². The summed E-state index contributed by atoms with van der Waals surface area (Å²) < 4.78 is 1.54. The Morgan fingerprint density at radius 2 is 1.43 bits per heavy atom. The summed E-state index contributed by atoms with van der Waals surface area (Å²) in [7, 11) is 0. The Kier molecular flexibility index (Phi) is 12.9. The van der Waals surface area contributed by atoms with E-state index in [0.29, 0.717) is 0 Å². The maximum absolute atomic E-state index is 2.31. The van der Waals surface area contributed by atoms with Crippen molar-refractivity contribution in [3.05, 3.63) is 45.5 Å². The van der Waals surface area contributed by atoms with Crippen LogP contribution in [-0.2, 0) is 0 Å². The molecule has 0 aliphatic rings. The molecule has 0 aliphatic heterocycles. The highest BCUT2D eigenvalue weighted by atomic mass is 27.0. The molecular formula is C20H35Al. The maximum atomic E-state index is 2.31. The third-order valence-electron chi connectivity index (χ3n) is 4.22. The molecule has 0 aromatic rings. The summed E-state index contributed by atoms with van der Waals surface area (Å²) in [6.45, 7) is 11.2. The van der Waals surface area contributed by atoms with Gasteiger partial charge in [0.1, 0.15) is 0 Å². The summed E-state index contributed by atoms with van der Waals surface area (Å²) in [5.74, 6) is 0. The highest BCUT2D eigenvalue weighted by molar-refractivity contribution is 6.21. The van der Waals surface area contributed by atoms with Crippen LogP contribution >= 0.6 is 0 Å². The van der Waals surface area contributed by atoms with Crippen LogP contribution in [0.5, 0.6) is 0 Å². The smallest absolute Gasteiger partial charge is 0.140 e. The highest BCUT2D eigenvalue weighted by Crippen LogP contribution is 2.17. The van der Waals surface area contributed by atoms with Gasteiger partial charge in [-0.2, -0.15) is 0 Å². The standard InChI is InChI=1S/C20H33.Al.2H/c1-6-8-9-10-11-12-13-14-15-16-17-19(4)20(5)18(3)7-2;;;/h14-17H,6,8-13H2,1-5H3;;;/b15-14+,17-16+,18-7?,20-19+;;;. The van der Waals surface area contributed by atoms with Crippen LogP contribution < -0.4 is 0 Å². The predicted molar refractivity (Wildman–Crippen MR) is 102 cm³/mol. The predicted octanol–water partition coefficient (Wildman–Crippen LogP) is 6.11. The lowest BCUT2D eigenvalue weighted by Gasteiger charge is -2.07. The van der Waals surface area contributed by atoms with Crippen LogP contribution in [0.25, 0.3) is 0 Å². The molecule has 0 heterocycles. The van der Waals surface area contributed by atoms with Crippen LogP contribution in [0.2, 0.25) is 0 Å². The quantitative estimate of drug-likeness (QED) is 0.259. The molecule has 0 fully saturated rings. The van der Waals surface area contributed by atoms with Crippen molar-refractivity contribution >= 4 is 16.3 Å². The fraction of sp³-hybridized carbons (Fsp3) is 0.600. The van der Waals surface area contributed by atoms with Gasteiger partial charge in [0.25, 0.3) is 16.3 Å². The van der Waals surface area contributed by atoms with Gasteiger partial charge in [0, 0.05) is 0 Å². The van der Waals surface area contributed by atoms with Gasteiger partial charge >= 0.3 is 0 Å². The second-order valence-corrected chi connectivity index (χ2v) is 7.78. The van der Waals surface area contributed by atoms with E-state index in [1.165, 1.54) is 61.7 Å². The molecule has 0 rings (SSSR count). The first-order valence-electron chi connectivity index (χ1n) is 8.65. The summed E-state index contributed by atoms with van der Waals surface area (Å²) >= 11 is 1.16. The van der Waals surface area contributed by atoms with Gasteiger partial charge < -0.3 is 0 Å². The lowest BCUT2D eigenvalue weighted by Crippen LogP contribution is -1.88. The minimum absolute atomic E-state index is 1.16. The molecule has 0 aromatic heterocycles. The number of rotatable bonds is 10. The third-order valence-corrected chi connectivity index (χ3v) is 4.97. The molecule has 0 aliphatic carbocycles. The summed E-state index contributed by atoms with van der Waals surface area (Å²) in [4.78, 5) is 0. The van der Waals surface area contributed by atoms with Crippen molar-refractivity contribution in [2.45, 2.75) is 79.6 Å². The van der Waals surface area contributed by atoms with E-state index in [4.69, 9.17) is 0 Å². The topological polar surface area (TPSA) is 0 Å². The molecule has 0 spiro atoms. The normalized spacial score (nSPS) is 14.7. The highest BCUT2D eigenvalue weighted by Gasteiger charge is 1.97. The van der Waals surface area contributed by atoms with Gasteiger partial charge in [-0.25, -0.2) is 0 Å². The summed E-state index contributed by atoms with van der Waals surface area (Å²) in [6, 6.07) is 0. The van der Waals surface area contributed by atoms with Crippen molar-refractivity contribution < 1.29 is 0 Å². The largest absolute Gasteiger partial charge is 0.252 e. The SMILES string of the molecule is CCCCCCCC/C=C/C=C/C(C)=C(C)/C(C)=[C](\C)[AlH2]. The molecule has 0 nitrogen and oxygen atoms in total. The molecule has 0 N–H and O–H groups in total. The van der Waals surface area contributed by atoms with Crippen molar-refractivity contribution in [2.75, 3.05) is 0 Å². The molecule has 0 atom stereocenters. The van der Waals surface area contributed by atoms with Gasteiger partial charge in [0.2, 0.25) is 0 Å². The van der Waals surface area contributed by atoms with Gasteiger partial charge in [-0.1, -0.05) is 75.8 Å². The van der Waals surface area contributed by atoms with Crippen LogP contribution in [0.3, 0.4) is 0 Å². The molecule has 0 saturated heterocycles. The molecule has 0 radical (unpaired) electrons. The lowest BCUT2D eigenvalue weighted by molar-refractivity contribution is 0.611. The Bertz CT molecular complexity index is 390. The number of unbranched alkanes of at least 4 members (excludes halogenated alkanes) is 6. The van der Waals surface area contributed by atoms with Gasteiger partial charge in [-0.3, -0.25) is 0 Å². The molecule has 1 heteroatoms. The molecule has 0 aromatic carbocycles. The summed E-state index contributed by atoms with van der Waals surface area (Å²) in [5.41, 5.74) is 4.29. The number of allylic oxidation sites excluding steroid dienone is 8. The molecule has 118 valence electrons. The Morgan fingerprint density at radius 1 is 0.810 bits per heavy atom.